The zero-order valence-electron chi connectivity index (χ0n) is 20.3. The van der Waals surface area contributed by atoms with E-state index in [0.29, 0.717) is 30.9 Å². The normalized spacial score (nSPS) is 18.2. The van der Waals surface area contributed by atoms with E-state index in [0.717, 1.165) is 22.9 Å². The molecule has 2 amide bonds. The van der Waals surface area contributed by atoms with Crippen LogP contribution < -0.4 is 15.6 Å². The summed E-state index contributed by atoms with van der Waals surface area (Å²) in [5, 5.41) is 4.85. The monoisotopic (exact) mass is 493 g/mol. The van der Waals surface area contributed by atoms with Crippen LogP contribution in [0.15, 0.2) is 89.7 Å². The van der Waals surface area contributed by atoms with Crippen LogP contribution in [-0.4, -0.2) is 41.0 Å². The van der Waals surface area contributed by atoms with Crippen LogP contribution in [0, 0.1) is 5.92 Å². The third kappa shape index (κ3) is 4.60. The first-order chi connectivity index (χ1) is 18.0. The molecule has 0 unspecified atom stereocenters. The van der Waals surface area contributed by atoms with Crippen molar-refractivity contribution in [3.8, 4) is 5.75 Å². The minimum Gasteiger partial charge on any atom is -0.484 e. The number of aromatic nitrogens is 1. The predicted molar refractivity (Wildman–Crippen MR) is 142 cm³/mol. The molecule has 0 radical (unpaired) electrons. The third-order valence-corrected chi connectivity index (χ3v) is 7.28. The number of para-hydroxylation sites is 1. The number of pyridine rings is 1. The highest BCUT2D eigenvalue weighted by Gasteiger charge is 2.37. The molecule has 1 saturated heterocycles. The number of hydrogen-bond acceptors (Lipinski definition) is 4. The van der Waals surface area contributed by atoms with Crippen molar-refractivity contribution >= 4 is 28.3 Å². The number of benzene rings is 3. The summed E-state index contributed by atoms with van der Waals surface area (Å²) in [6, 6.07) is 26.5. The fourth-order valence-electron chi connectivity index (χ4n) is 5.56. The molecular formula is C30H27N3O4. The summed E-state index contributed by atoms with van der Waals surface area (Å²) < 4.78 is 7.26. The van der Waals surface area contributed by atoms with Gasteiger partial charge in [0.25, 0.3) is 17.4 Å². The van der Waals surface area contributed by atoms with E-state index in [2.05, 4.69) is 5.32 Å². The molecule has 2 atom stereocenters. The fraction of sp³-hybridized carbons (Fsp3) is 0.233. The van der Waals surface area contributed by atoms with Crippen molar-refractivity contribution in [3.63, 3.8) is 0 Å². The average molecular weight is 494 g/mol. The highest BCUT2D eigenvalue weighted by molar-refractivity contribution is 5.98. The van der Waals surface area contributed by atoms with Crippen molar-refractivity contribution in [2.45, 2.75) is 18.9 Å². The number of amides is 2. The molecule has 6 rings (SSSR count). The molecule has 3 heterocycles. The van der Waals surface area contributed by atoms with Gasteiger partial charge in [-0.25, -0.2) is 0 Å². The van der Waals surface area contributed by atoms with Crippen LogP contribution in [0.25, 0.3) is 10.8 Å². The molecule has 7 nitrogen and oxygen atoms in total. The Bertz CT molecular complexity index is 1550. The van der Waals surface area contributed by atoms with E-state index in [1.54, 1.807) is 22.8 Å². The van der Waals surface area contributed by atoms with Crippen LogP contribution >= 0.6 is 0 Å². The maximum Gasteiger partial charge on any atom is 0.274 e. The number of carbonyl (C=O) groups is 2. The molecule has 0 aliphatic carbocycles. The number of likely N-dealkylation sites (tertiary alicyclic amines) is 1. The smallest absolute Gasteiger partial charge is 0.274 e. The molecule has 0 spiro atoms. The van der Waals surface area contributed by atoms with Crippen molar-refractivity contribution in [1.29, 1.82) is 0 Å². The molecular weight excluding hydrogens is 466 g/mol. The summed E-state index contributed by atoms with van der Waals surface area (Å²) in [7, 11) is 0. The van der Waals surface area contributed by atoms with E-state index in [1.807, 2.05) is 71.6 Å². The first-order valence-electron chi connectivity index (χ1n) is 12.5. The van der Waals surface area contributed by atoms with Crippen LogP contribution in [0.1, 0.15) is 28.4 Å². The van der Waals surface area contributed by atoms with Crippen molar-refractivity contribution in [2.75, 3.05) is 25.0 Å². The van der Waals surface area contributed by atoms with E-state index in [1.165, 1.54) is 0 Å². The van der Waals surface area contributed by atoms with Crippen molar-refractivity contribution in [3.05, 3.63) is 107 Å². The average Bonchev–Trinajstić information content (AvgIpc) is 2.93. The Hall–Kier alpha value is -4.39. The number of nitrogens with one attached hydrogen (secondary N) is 1. The summed E-state index contributed by atoms with van der Waals surface area (Å²) in [5.74, 6) is 0.495. The second kappa shape index (κ2) is 9.58. The summed E-state index contributed by atoms with van der Waals surface area (Å²) >= 11 is 0. The van der Waals surface area contributed by atoms with Gasteiger partial charge in [-0.05, 0) is 59.5 Å². The molecule has 2 bridgehead atoms. The second-order valence-electron chi connectivity index (χ2n) is 9.81. The van der Waals surface area contributed by atoms with E-state index in [9.17, 15) is 14.4 Å². The SMILES string of the molecule is O=C(COc1ccccc1)Nc1ccc2n(c1=O)C[C@@H]1C[C@@H]2CN(C(=O)c2ccc3ccccc3c2)C1. The predicted octanol–water partition coefficient (Wildman–Crippen LogP) is 4.28. The molecule has 1 aromatic heterocycles. The third-order valence-electron chi connectivity index (χ3n) is 7.28. The van der Waals surface area contributed by atoms with E-state index in [-0.39, 0.29) is 41.5 Å². The number of anilines is 1. The molecule has 186 valence electrons. The maximum absolute atomic E-state index is 13.4. The van der Waals surface area contributed by atoms with Gasteiger partial charge in [0, 0.05) is 36.8 Å². The van der Waals surface area contributed by atoms with E-state index >= 15 is 0 Å². The molecule has 3 aromatic carbocycles. The molecule has 7 heteroatoms. The highest BCUT2D eigenvalue weighted by Crippen LogP contribution is 2.36. The summed E-state index contributed by atoms with van der Waals surface area (Å²) in [6.07, 6.45) is 0.942. The zero-order chi connectivity index (χ0) is 25.4. The van der Waals surface area contributed by atoms with Crippen LogP contribution in [0.2, 0.25) is 0 Å². The summed E-state index contributed by atoms with van der Waals surface area (Å²) in [5.41, 5.74) is 1.63. The van der Waals surface area contributed by atoms with Gasteiger partial charge in [-0.15, -0.1) is 0 Å². The minimum absolute atomic E-state index is 0.0264. The Morgan fingerprint density at radius 1 is 0.865 bits per heavy atom. The van der Waals surface area contributed by atoms with Crippen LogP contribution in [0.4, 0.5) is 5.69 Å². The van der Waals surface area contributed by atoms with Gasteiger partial charge in [0.2, 0.25) is 0 Å². The Morgan fingerprint density at radius 2 is 1.65 bits per heavy atom. The molecule has 2 aliphatic rings. The Labute approximate surface area is 214 Å². The minimum atomic E-state index is -0.385. The number of piperidine rings is 1. The number of fused-ring (bicyclic) bond motifs is 5. The summed E-state index contributed by atoms with van der Waals surface area (Å²) in [6.45, 7) is 1.52. The number of rotatable bonds is 5. The number of ether oxygens (including phenoxy) is 1. The quantitative estimate of drug-likeness (QED) is 0.450. The Balaban J connectivity index is 1.17. The van der Waals surface area contributed by atoms with Gasteiger partial charge in [-0.1, -0.05) is 48.5 Å². The van der Waals surface area contributed by atoms with Gasteiger partial charge < -0.3 is 19.5 Å². The second-order valence-corrected chi connectivity index (χ2v) is 9.81. The first-order valence-corrected chi connectivity index (χ1v) is 12.5. The number of carbonyl (C=O) groups excluding carboxylic acids is 2. The molecule has 2 aliphatic heterocycles. The van der Waals surface area contributed by atoms with Gasteiger partial charge in [-0.2, -0.15) is 0 Å². The molecule has 37 heavy (non-hydrogen) atoms. The lowest BCUT2D eigenvalue weighted by Gasteiger charge is -2.43. The molecule has 1 N–H and O–H groups in total. The lowest BCUT2D eigenvalue weighted by Crippen LogP contribution is -2.49. The van der Waals surface area contributed by atoms with Gasteiger partial charge in [0.05, 0.1) is 0 Å². The van der Waals surface area contributed by atoms with Gasteiger partial charge in [0.1, 0.15) is 11.4 Å². The van der Waals surface area contributed by atoms with Gasteiger partial charge in [-0.3, -0.25) is 14.4 Å². The maximum atomic E-state index is 13.4. The summed E-state index contributed by atoms with van der Waals surface area (Å²) in [4.78, 5) is 41.0. The number of nitrogens with zero attached hydrogens (tertiary/aromatic N) is 2. The van der Waals surface area contributed by atoms with Crippen molar-refractivity contribution in [2.24, 2.45) is 5.92 Å². The first kappa shape index (κ1) is 23.0. The van der Waals surface area contributed by atoms with Gasteiger partial charge in [0.15, 0.2) is 6.61 Å². The Kier molecular flexibility index (Phi) is 5.96. The topological polar surface area (TPSA) is 80.6 Å². The fourth-order valence-corrected chi connectivity index (χ4v) is 5.56. The molecule has 1 fully saturated rings. The lowest BCUT2D eigenvalue weighted by atomic mass is 9.83. The van der Waals surface area contributed by atoms with E-state index < -0.39 is 0 Å². The van der Waals surface area contributed by atoms with Crippen LogP contribution in [-0.2, 0) is 11.3 Å². The van der Waals surface area contributed by atoms with Crippen molar-refractivity contribution < 1.29 is 14.3 Å². The lowest BCUT2D eigenvalue weighted by molar-refractivity contribution is -0.118. The van der Waals surface area contributed by atoms with Crippen LogP contribution in [0.3, 0.4) is 0 Å². The largest absolute Gasteiger partial charge is 0.484 e. The standard InChI is InChI=1S/C30H27N3O4/c34-28(19-37-25-8-2-1-3-9-25)31-26-12-13-27-24-14-20(17-33(27)30(26)36)16-32(18-24)29(35)23-11-10-21-6-4-5-7-22(21)15-23/h1-13,15,20,24H,14,16-19H2,(H,31,34)/t20-,24-/m1/s1. The Morgan fingerprint density at radius 3 is 2.49 bits per heavy atom. The van der Waals surface area contributed by atoms with E-state index in [4.69, 9.17) is 4.74 Å². The van der Waals surface area contributed by atoms with Crippen molar-refractivity contribution in [1.82, 2.24) is 9.47 Å². The number of hydrogen-bond donors (Lipinski definition) is 1. The highest BCUT2D eigenvalue weighted by atomic mass is 16.5. The molecule has 4 aromatic rings. The zero-order valence-corrected chi connectivity index (χ0v) is 20.3. The van der Waals surface area contributed by atoms with Crippen LogP contribution in [0.5, 0.6) is 5.75 Å². The molecule has 0 saturated carbocycles. The van der Waals surface area contributed by atoms with Gasteiger partial charge >= 0.3 is 0 Å².